The summed E-state index contributed by atoms with van der Waals surface area (Å²) in [6.45, 7) is 1.63. The summed E-state index contributed by atoms with van der Waals surface area (Å²) in [4.78, 5) is 12.4. The lowest BCUT2D eigenvalue weighted by atomic mass is 10.2. The van der Waals surface area contributed by atoms with E-state index in [1.165, 1.54) is 12.1 Å². The van der Waals surface area contributed by atoms with E-state index in [-0.39, 0.29) is 21.4 Å². The maximum absolute atomic E-state index is 10.9. The van der Waals surface area contributed by atoms with E-state index in [4.69, 9.17) is 33.2 Å². The van der Waals surface area contributed by atoms with E-state index in [0.29, 0.717) is 31.8 Å². The van der Waals surface area contributed by atoms with Gasteiger partial charge in [0, 0.05) is 24.4 Å². The van der Waals surface area contributed by atoms with E-state index in [9.17, 15) is 10.1 Å². The molecule has 10 heteroatoms. The first kappa shape index (κ1) is 24.0. The lowest BCUT2D eigenvalue weighted by molar-refractivity contribution is -0.384. The molecule has 0 radical (unpaired) electrons. The van der Waals surface area contributed by atoms with Crippen LogP contribution in [-0.2, 0) is 0 Å². The Morgan fingerprint density at radius 1 is 1.00 bits per heavy atom. The molecule has 8 nitrogen and oxygen atoms in total. The van der Waals surface area contributed by atoms with Crippen molar-refractivity contribution in [2.45, 2.75) is 6.42 Å². The summed E-state index contributed by atoms with van der Waals surface area (Å²) in [5.41, 5.74) is 1.39. The Labute approximate surface area is 200 Å². The molecule has 0 aliphatic rings. The highest BCUT2D eigenvalue weighted by atomic mass is 35.5. The van der Waals surface area contributed by atoms with Crippen LogP contribution in [0.5, 0.6) is 5.75 Å². The number of nitro groups is 1. The number of benzene rings is 3. The van der Waals surface area contributed by atoms with Gasteiger partial charge in [0.05, 0.1) is 39.7 Å². The number of azo groups is 1. The quantitative estimate of drug-likeness (QED) is 0.173. The minimum Gasteiger partial charge on any atom is -0.492 e. The Morgan fingerprint density at radius 2 is 1.67 bits per heavy atom. The number of non-ortho nitro benzene ring substituents is 1. The summed E-state index contributed by atoms with van der Waals surface area (Å²) >= 11 is 12.1. The Balaban J connectivity index is 1.68. The van der Waals surface area contributed by atoms with Gasteiger partial charge in [0.25, 0.3) is 5.69 Å². The van der Waals surface area contributed by atoms with Gasteiger partial charge in [0.2, 0.25) is 0 Å². The minimum absolute atomic E-state index is 0.0377. The molecule has 0 spiro atoms. The van der Waals surface area contributed by atoms with Crippen LogP contribution in [-0.4, -0.2) is 24.6 Å². The molecule has 0 N–H and O–H groups in total. The average molecular weight is 484 g/mol. The summed E-state index contributed by atoms with van der Waals surface area (Å²) in [6.07, 6.45) is 0.379. The van der Waals surface area contributed by atoms with Gasteiger partial charge in [-0.05, 0) is 36.4 Å². The first-order valence-electron chi connectivity index (χ1n) is 9.93. The molecule has 0 saturated carbocycles. The number of anilines is 1. The second-order valence-electron chi connectivity index (χ2n) is 6.79. The number of para-hydroxylation sites is 1. The zero-order valence-corrected chi connectivity index (χ0v) is 18.9. The topological polar surface area (TPSA) is 104 Å². The molecule has 0 aliphatic carbocycles. The summed E-state index contributed by atoms with van der Waals surface area (Å²) < 4.78 is 5.77. The average Bonchev–Trinajstić information content (AvgIpc) is 2.81. The van der Waals surface area contributed by atoms with E-state index in [0.717, 1.165) is 11.4 Å². The van der Waals surface area contributed by atoms with Crippen LogP contribution in [0, 0.1) is 21.4 Å². The van der Waals surface area contributed by atoms with Crippen LogP contribution in [0.2, 0.25) is 10.0 Å². The Bertz CT molecular complexity index is 1140. The van der Waals surface area contributed by atoms with E-state index in [1.54, 1.807) is 12.1 Å². The van der Waals surface area contributed by atoms with Crippen LogP contribution in [0.25, 0.3) is 0 Å². The summed E-state index contributed by atoms with van der Waals surface area (Å²) in [5.74, 6) is 0.789. The molecule has 168 valence electrons. The Hall–Kier alpha value is -3.67. The Morgan fingerprint density at radius 3 is 2.27 bits per heavy atom. The fourth-order valence-electron chi connectivity index (χ4n) is 2.94. The lowest BCUT2D eigenvalue weighted by Gasteiger charge is -2.24. The highest BCUT2D eigenvalue weighted by Gasteiger charge is 2.14. The number of halogens is 2. The molecule has 0 aromatic heterocycles. The number of nitrogens with zero attached hydrogens (tertiary/aromatic N) is 5. The standard InChI is InChI=1S/C23H19Cl2N5O3/c24-21-15-19(30(31)32)16-22(25)23(21)28-27-17-7-9-18(10-8-17)29(12-4-11-26)13-14-33-20-5-2-1-3-6-20/h1-3,5-10,15-16H,4,12-14H2. The minimum atomic E-state index is -0.583. The largest absolute Gasteiger partial charge is 0.492 e. The first-order valence-corrected chi connectivity index (χ1v) is 10.7. The molecule has 0 bridgehead atoms. The Kier molecular flexibility index (Phi) is 8.58. The number of hydrogen-bond acceptors (Lipinski definition) is 7. The monoisotopic (exact) mass is 483 g/mol. The summed E-state index contributed by atoms with van der Waals surface area (Å²) in [6, 6.07) is 21.3. The molecular formula is C23H19Cl2N5O3. The summed E-state index contributed by atoms with van der Waals surface area (Å²) in [5, 5.41) is 28.1. The van der Waals surface area contributed by atoms with Crippen LogP contribution in [0.15, 0.2) is 77.0 Å². The van der Waals surface area contributed by atoms with Crippen molar-refractivity contribution in [3.8, 4) is 11.8 Å². The first-order chi connectivity index (χ1) is 16.0. The molecule has 0 atom stereocenters. The number of nitriles is 1. The van der Waals surface area contributed by atoms with Crippen LogP contribution in [0.4, 0.5) is 22.7 Å². The third kappa shape index (κ3) is 6.91. The van der Waals surface area contributed by atoms with Gasteiger partial charge >= 0.3 is 0 Å². The highest BCUT2D eigenvalue weighted by molar-refractivity contribution is 6.39. The van der Waals surface area contributed by atoms with E-state index >= 15 is 0 Å². The fourth-order valence-corrected chi connectivity index (χ4v) is 3.49. The highest BCUT2D eigenvalue weighted by Crippen LogP contribution is 2.37. The zero-order valence-electron chi connectivity index (χ0n) is 17.4. The normalized spacial score (nSPS) is 10.7. The molecule has 0 saturated heterocycles. The van der Waals surface area contributed by atoms with Crippen LogP contribution >= 0.6 is 23.2 Å². The molecule has 0 aliphatic heterocycles. The van der Waals surface area contributed by atoms with E-state index in [2.05, 4.69) is 21.2 Å². The van der Waals surface area contributed by atoms with Gasteiger partial charge in [-0.3, -0.25) is 10.1 Å². The second-order valence-corrected chi connectivity index (χ2v) is 7.60. The van der Waals surface area contributed by atoms with Crippen molar-refractivity contribution >= 4 is 46.0 Å². The zero-order chi connectivity index (χ0) is 23.6. The van der Waals surface area contributed by atoms with Crippen molar-refractivity contribution < 1.29 is 9.66 Å². The van der Waals surface area contributed by atoms with Crippen molar-refractivity contribution in [2.24, 2.45) is 10.2 Å². The second kappa shape index (κ2) is 11.8. The molecule has 0 amide bonds. The van der Waals surface area contributed by atoms with Gasteiger partial charge < -0.3 is 9.64 Å². The maximum atomic E-state index is 10.9. The van der Waals surface area contributed by atoms with Crippen molar-refractivity contribution in [1.29, 1.82) is 5.26 Å². The van der Waals surface area contributed by atoms with Crippen molar-refractivity contribution in [3.63, 3.8) is 0 Å². The van der Waals surface area contributed by atoms with Crippen molar-refractivity contribution in [3.05, 3.63) is 86.9 Å². The third-order valence-electron chi connectivity index (χ3n) is 4.56. The lowest BCUT2D eigenvalue weighted by Crippen LogP contribution is -2.29. The predicted molar refractivity (Wildman–Crippen MR) is 128 cm³/mol. The van der Waals surface area contributed by atoms with Gasteiger partial charge in [-0.1, -0.05) is 41.4 Å². The number of rotatable bonds is 10. The van der Waals surface area contributed by atoms with Gasteiger partial charge in [0.1, 0.15) is 18.0 Å². The molecule has 0 unspecified atom stereocenters. The number of ether oxygens (including phenoxy) is 1. The van der Waals surface area contributed by atoms with Crippen LogP contribution in [0.1, 0.15) is 6.42 Å². The maximum Gasteiger partial charge on any atom is 0.272 e. The van der Waals surface area contributed by atoms with Gasteiger partial charge in [0.15, 0.2) is 0 Å². The van der Waals surface area contributed by atoms with Crippen LogP contribution in [0.3, 0.4) is 0 Å². The number of nitro benzene ring substituents is 1. The van der Waals surface area contributed by atoms with E-state index < -0.39 is 4.92 Å². The van der Waals surface area contributed by atoms with Crippen LogP contribution < -0.4 is 9.64 Å². The number of hydrogen-bond donors (Lipinski definition) is 0. The van der Waals surface area contributed by atoms with Gasteiger partial charge in [-0.15, -0.1) is 5.11 Å². The smallest absolute Gasteiger partial charge is 0.272 e. The van der Waals surface area contributed by atoms with Crippen molar-refractivity contribution in [1.82, 2.24) is 0 Å². The van der Waals surface area contributed by atoms with Crippen molar-refractivity contribution in [2.75, 3.05) is 24.6 Å². The summed E-state index contributed by atoms with van der Waals surface area (Å²) in [7, 11) is 0. The van der Waals surface area contributed by atoms with Gasteiger partial charge in [-0.25, -0.2) is 0 Å². The molecule has 3 aromatic rings. The molecule has 3 rings (SSSR count). The molecule has 3 aromatic carbocycles. The third-order valence-corrected chi connectivity index (χ3v) is 5.14. The molecular weight excluding hydrogens is 465 g/mol. The fraction of sp³-hybridized carbons (Fsp3) is 0.174. The SMILES string of the molecule is N#CCCN(CCOc1ccccc1)c1ccc(N=Nc2c(Cl)cc([N+](=O)[O-])cc2Cl)cc1. The van der Waals surface area contributed by atoms with Gasteiger partial charge in [-0.2, -0.15) is 10.4 Å². The molecule has 0 heterocycles. The molecule has 33 heavy (non-hydrogen) atoms. The predicted octanol–water partition coefficient (Wildman–Crippen LogP) is 7.12. The van der Waals surface area contributed by atoms with E-state index in [1.807, 2.05) is 42.5 Å². The molecule has 0 fully saturated rings.